The van der Waals surface area contributed by atoms with E-state index in [4.69, 9.17) is 0 Å². The molecule has 1 fully saturated rings. The molecular weight excluding hydrogens is 182 g/mol. The van der Waals surface area contributed by atoms with Crippen molar-refractivity contribution in [3.05, 3.63) is 29.1 Å². The highest BCUT2D eigenvalue weighted by Gasteiger charge is 2.27. The zero-order valence-electron chi connectivity index (χ0n) is 10.2. The van der Waals surface area contributed by atoms with Crippen molar-refractivity contribution in [3.8, 4) is 0 Å². The molecule has 0 saturated heterocycles. The van der Waals surface area contributed by atoms with Gasteiger partial charge in [-0.15, -0.1) is 0 Å². The van der Waals surface area contributed by atoms with Crippen molar-refractivity contribution in [2.75, 3.05) is 0 Å². The molecule has 0 N–H and O–H groups in total. The Morgan fingerprint density at radius 2 is 1.80 bits per heavy atom. The lowest BCUT2D eigenvalue weighted by Gasteiger charge is -2.14. The standard InChI is InChI=1S/C14H21N/c1-9(2)12-7-13(11-5-6-11)14(10(3)4)15-8-12/h7-11H,5-6H2,1-4H3. The molecule has 1 saturated carbocycles. The molecule has 1 aromatic heterocycles. The summed E-state index contributed by atoms with van der Waals surface area (Å²) in [5.41, 5.74) is 4.24. The van der Waals surface area contributed by atoms with E-state index in [2.05, 4.69) is 44.9 Å². The molecule has 15 heavy (non-hydrogen) atoms. The molecule has 0 spiro atoms. The fourth-order valence-corrected chi connectivity index (χ4v) is 2.03. The first-order valence-corrected chi connectivity index (χ1v) is 6.09. The van der Waals surface area contributed by atoms with Crippen LogP contribution in [0.1, 0.15) is 75.1 Å². The first kappa shape index (κ1) is 10.7. The number of pyridine rings is 1. The van der Waals surface area contributed by atoms with Gasteiger partial charge in [0.15, 0.2) is 0 Å². The largest absolute Gasteiger partial charge is 0.260 e. The summed E-state index contributed by atoms with van der Waals surface area (Å²) in [5, 5.41) is 0. The minimum Gasteiger partial charge on any atom is -0.260 e. The molecule has 0 radical (unpaired) electrons. The summed E-state index contributed by atoms with van der Waals surface area (Å²) >= 11 is 0. The maximum Gasteiger partial charge on any atom is 0.0463 e. The number of hydrogen-bond acceptors (Lipinski definition) is 1. The van der Waals surface area contributed by atoms with Gasteiger partial charge in [0, 0.05) is 11.9 Å². The number of nitrogens with zero attached hydrogens (tertiary/aromatic N) is 1. The fourth-order valence-electron chi connectivity index (χ4n) is 2.03. The van der Waals surface area contributed by atoms with Gasteiger partial charge in [-0.05, 0) is 41.7 Å². The van der Waals surface area contributed by atoms with Crippen molar-refractivity contribution >= 4 is 0 Å². The van der Waals surface area contributed by atoms with Gasteiger partial charge in [-0.3, -0.25) is 4.98 Å². The first-order chi connectivity index (χ1) is 7.09. The van der Waals surface area contributed by atoms with E-state index >= 15 is 0 Å². The minimum absolute atomic E-state index is 0.557. The Morgan fingerprint density at radius 3 is 2.27 bits per heavy atom. The van der Waals surface area contributed by atoms with E-state index in [0.29, 0.717) is 11.8 Å². The van der Waals surface area contributed by atoms with Crippen LogP contribution in [-0.2, 0) is 0 Å². The molecule has 0 aromatic carbocycles. The molecule has 82 valence electrons. The van der Waals surface area contributed by atoms with Gasteiger partial charge < -0.3 is 0 Å². The van der Waals surface area contributed by atoms with Gasteiger partial charge in [0.1, 0.15) is 0 Å². The SMILES string of the molecule is CC(C)c1cnc(C(C)C)c(C2CC2)c1. The number of rotatable bonds is 3. The van der Waals surface area contributed by atoms with Crippen LogP contribution in [-0.4, -0.2) is 4.98 Å². The minimum atomic E-state index is 0.557. The maximum absolute atomic E-state index is 4.66. The summed E-state index contributed by atoms with van der Waals surface area (Å²) in [6.45, 7) is 8.96. The van der Waals surface area contributed by atoms with Crippen LogP contribution in [0.25, 0.3) is 0 Å². The van der Waals surface area contributed by atoms with Gasteiger partial charge in [-0.25, -0.2) is 0 Å². The molecule has 1 heteroatoms. The van der Waals surface area contributed by atoms with Gasteiger partial charge in [0.05, 0.1) is 0 Å². The second kappa shape index (κ2) is 3.96. The summed E-state index contributed by atoms with van der Waals surface area (Å²) in [7, 11) is 0. The highest BCUT2D eigenvalue weighted by molar-refractivity contribution is 5.34. The van der Waals surface area contributed by atoms with Crippen LogP contribution < -0.4 is 0 Å². The molecule has 2 rings (SSSR count). The average Bonchev–Trinajstić information content (AvgIpc) is 2.99. The lowest BCUT2D eigenvalue weighted by Crippen LogP contribution is -2.01. The lowest BCUT2D eigenvalue weighted by atomic mass is 9.95. The summed E-state index contributed by atoms with van der Waals surface area (Å²) < 4.78 is 0. The predicted octanol–water partition coefficient (Wildman–Crippen LogP) is 4.21. The van der Waals surface area contributed by atoms with E-state index in [1.807, 2.05) is 0 Å². The Labute approximate surface area is 92.9 Å². The Bertz CT molecular complexity index is 348. The van der Waals surface area contributed by atoms with E-state index in [1.165, 1.54) is 29.7 Å². The van der Waals surface area contributed by atoms with E-state index < -0.39 is 0 Å². The molecule has 0 bridgehead atoms. The molecule has 1 aliphatic carbocycles. The Morgan fingerprint density at radius 1 is 1.13 bits per heavy atom. The van der Waals surface area contributed by atoms with Crippen LogP contribution >= 0.6 is 0 Å². The van der Waals surface area contributed by atoms with Crippen molar-refractivity contribution in [2.24, 2.45) is 0 Å². The zero-order valence-corrected chi connectivity index (χ0v) is 10.2. The average molecular weight is 203 g/mol. The molecule has 0 aliphatic heterocycles. The normalized spacial score (nSPS) is 16.4. The van der Waals surface area contributed by atoms with Crippen molar-refractivity contribution in [3.63, 3.8) is 0 Å². The Balaban J connectivity index is 2.40. The van der Waals surface area contributed by atoms with Crippen LogP contribution in [0.15, 0.2) is 12.3 Å². The fraction of sp³-hybridized carbons (Fsp3) is 0.643. The Kier molecular flexibility index (Phi) is 2.81. The maximum atomic E-state index is 4.66. The second-order valence-electron chi connectivity index (χ2n) is 5.33. The summed E-state index contributed by atoms with van der Waals surface area (Å²) in [4.78, 5) is 4.66. The van der Waals surface area contributed by atoms with Crippen LogP contribution in [0, 0.1) is 0 Å². The second-order valence-corrected chi connectivity index (χ2v) is 5.33. The van der Waals surface area contributed by atoms with Crippen LogP contribution in [0.2, 0.25) is 0 Å². The monoisotopic (exact) mass is 203 g/mol. The van der Waals surface area contributed by atoms with E-state index in [1.54, 1.807) is 0 Å². The molecule has 0 amide bonds. The van der Waals surface area contributed by atoms with Gasteiger partial charge in [0.2, 0.25) is 0 Å². The molecular formula is C14H21N. The Hall–Kier alpha value is -0.850. The highest BCUT2D eigenvalue weighted by Crippen LogP contribution is 2.43. The number of aromatic nitrogens is 1. The predicted molar refractivity (Wildman–Crippen MR) is 64.4 cm³/mol. The lowest BCUT2D eigenvalue weighted by molar-refractivity contribution is 0.778. The van der Waals surface area contributed by atoms with Crippen molar-refractivity contribution in [1.29, 1.82) is 0 Å². The highest BCUT2D eigenvalue weighted by atomic mass is 14.7. The topological polar surface area (TPSA) is 12.9 Å². The van der Waals surface area contributed by atoms with E-state index in [0.717, 1.165) is 5.92 Å². The molecule has 1 aromatic rings. The first-order valence-electron chi connectivity index (χ1n) is 6.09. The molecule has 1 heterocycles. The van der Waals surface area contributed by atoms with Gasteiger partial charge >= 0.3 is 0 Å². The van der Waals surface area contributed by atoms with Gasteiger partial charge in [0.25, 0.3) is 0 Å². The molecule has 1 nitrogen and oxygen atoms in total. The van der Waals surface area contributed by atoms with Gasteiger partial charge in [-0.2, -0.15) is 0 Å². The quantitative estimate of drug-likeness (QED) is 0.717. The third-order valence-corrected chi connectivity index (χ3v) is 3.20. The number of hydrogen-bond donors (Lipinski definition) is 0. The van der Waals surface area contributed by atoms with E-state index in [-0.39, 0.29) is 0 Å². The smallest absolute Gasteiger partial charge is 0.0463 e. The molecule has 0 unspecified atom stereocenters. The zero-order chi connectivity index (χ0) is 11.0. The van der Waals surface area contributed by atoms with Gasteiger partial charge in [-0.1, -0.05) is 33.8 Å². The van der Waals surface area contributed by atoms with Crippen LogP contribution in [0.3, 0.4) is 0 Å². The van der Waals surface area contributed by atoms with E-state index in [9.17, 15) is 0 Å². The third kappa shape index (κ3) is 2.22. The van der Waals surface area contributed by atoms with Crippen molar-refractivity contribution in [2.45, 2.75) is 58.3 Å². The summed E-state index contributed by atoms with van der Waals surface area (Å²) in [6, 6.07) is 2.39. The van der Waals surface area contributed by atoms with Crippen molar-refractivity contribution < 1.29 is 0 Å². The van der Waals surface area contributed by atoms with Crippen LogP contribution in [0.5, 0.6) is 0 Å². The van der Waals surface area contributed by atoms with Crippen molar-refractivity contribution in [1.82, 2.24) is 4.98 Å². The third-order valence-electron chi connectivity index (χ3n) is 3.20. The van der Waals surface area contributed by atoms with Crippen LogP contribution in [0.4, 0.5) is 0 Å². The summed E-state index contributed by atoms with van der Waals surface area (Å²) in [6.07, 6.45) is 4.79. The summed E-state index contributed by atoms with van der Waals surface area (Å²) in [5.74, 6) is 1.96. The molecule has 0 atom stereocenters. The molecule has 1 aliphatic rings.